The van der Waals surface area contributed by atoms with Crippen molar-refractivity contribution in [1.29, 1.82) is 0 Å². The van der Waals surface area contributed by atoms with E-state index < -0.39 is 26.2 Å². The number of hydrogen-bond acceptors (Lipinski definition) is 3. The molecule has 0 atom stereocenters. The Morgan fingerprint density at radius 2 is 2.07 bits per heavy atom. The Morgan fingerprint density at radius 3 is 2.47 bits per heavy atom. The predicted octanol–water partition coefficient (Wildman–Crippen LogP) is 2.86. The maximum Gasteiger partial charge on any atom is 0.280 e. The number of alkyl halides is 2. The third-order valence-corrected chi connectivity index (χ3v) is 3.98. The first-order valence-corrected chi connectivity index (χ1v) is 7.02. The third kappa shape index (κ3) is 2.97. The number of halogens is 4. The van der Waals surface area contributed by atoms with Gasteiger partial charge in [-0.3, -0.25) is 0 Å². The van der Waals surface area contributed by atoms with Gasteiger partial charge in [-0.15, -0.1) is 0 Å². The van der Waals surface area contributed by atoms with E-state index >= 15 is 0 Å². The molecule has 0 saturated heterocycles. The molecule has 0 bridgehead atoms. The van der Waals surface area contributed by atoms with E-state index in [1.807, 2.05) is 0 Å². The fraction of sp³-hybridized carbons (Fsp3) is 0.286. The molecule has 0 spiro atoms. The van der Waals surface area contributed by atoms with Crippen LogP contribution in [0.1, 0.15) is 17.7 Å². The van der Waals surface area contributed by atoms with Gasteiger partial charge in [-0.1, -0.05) is 0 Å². The summed E-state index contributed by atoms with van der Waals surface area (Å²) in [5, 5.41) is -0.547. The van der Waals surface area contributed by atoms with Gasteiger partial charge in [0.2, 0.25) is 0 Å². The molecule has 1 aromatic heterocycles. The van der Waals surface area contributed by atoms with Gasteiger partial charge in [-0.2, -0.15) is 0 Å². The maximum absolute atomic E-state index is 12.5. The zero-order chi connectivity index (χ0) is 11.8. The molecule has 84 valence electrons. The summed E-state index contributed by atoms with van der Waals surface area (Å²) >= 11 is 1.75. The van der Waals surface area contributed by atoms with Gasteiger partial charge in [0.1, 0.15) is 5.69 Å². The molecule has 0 aliphatic carbocycles. The SMILES string of the molecule is Cc1c(I)cc(S(=O)(=O)Cl)nc1C(F)F. The average Bonchev–Trinajstić information content (AvgIpc) is 2.06. The smallest absolute Gasteiger partial charge is 0.234 e. The second-order valence-corrected chi connectivity index (χ2v) is 6.37. The number of hydrogen-bond donors (Lipinski definition) is 0. The molecule has 0 fully saturated rings. The molecule has 0 aliphatic heterocycles. The molecule has 15 heavy (non-hydrogen) atoms. The molecule has 0 amide bonds. The van der Waals surface area contributed by atoms with Crippen molar-refractivity contribution in [2.45, 2.75) is 18.4 Å². The molecule has 0 saturated carbocycles. The van der Waals surface area contributed by atoms with Gasteiger partial charge in [0, 0.05) is 14.3 Å². The topological polar surface area (TPSA) is 47.0 Å². The zero-order valence-corrected chi connectivity index (χ0v) is 11.1. The van der Waals surface area contributed by atoms with Gasteiger partial charge < -0.3 is 0 Å². The average molecular weight is 368 g/mol. The van der Waals surface area contributed by atoms with Crippen LogP contribution in [0.2, 0.25) is 0 Å². The van der Waals surface area contributed by atoms with Crippen LogP contribution in [0, 0.1) is 10.5 Å². The van der Waals surface area contributed by atoms with Crippen LogP contribution in [-0.2, 0) is 9.05 Å². The van der Waals surface area contributed by atoms with Gasteiger partial charge in [-0.05, 0) is 41.1 Å². The molecule has 1 aromatic rings. The molecule has 3 nitrogen and oxygen atoms in total. The van der Waals surface area contributed by atoms with Crippen LogP contribution in [-0.4, -0.2) is 13.4 Å². The Hall–Kier alpha value is -0.0200. The highest BCUT2D eigenvalue weighted by atomic mass is 127. The Morgan fingerprint density at radius 1 is 1.53 bits per heavy atom. The van der Waals surface area contributed by atoms with Gasteiger partial charge in [0.05, 0.1) is 0 Å². The minimum absolute atomic E-state index is 0.259. The summed E-state index contributed by atoms with van der Waals surface area (Å²) < 4.78 is 47.2. The lowest BCUT2D eigenvalue weighted by molar-refractivity contribution is 0.144. The second kappa shape index (κ2) is 4.46. The lowest BCUT2D eigenvalue weighted by Gasteiger charge is -2.07. The standard InChI is InChI=1S/C7H5ClF2INO2S/c1-3-4(11)2-5(15(8,13)14)12-6(3)7(9)10/h2,7H,1H3. The summed E-state index contributed by atoms with van der Waals surface area (Å²) in [4.78, 5) is 3.33. The van der Waals surface area contributed by atoms with Crippen LogP contribution in [0.25, 0.3) is 0 Å². The zero-order valence-electron chi connectivity index (χ0n) is 7.34. The maximum atomic E-state index is 12.5. The molecule has 1 heterocycles. The minimum Gasteiger partial charge on any atom is -0.234 e. The van der Waals surface area contributed by atoms with Gasteiger partial charge in [0.25, 0.3) is 15.5 Å². The van der Waals surface area contributed by atoms with Crippen LogP contribution >= 0.6 is 33.3 Å². The molecule has 8 heteroatoms. The number of pyridine rings is 1. The van der Waals surface area contributed by atoms with Crippen molar-refractivity contribution in [2.24, 2.45) is 0 Å². The lowest BCUT2D eigenvalue weighted by atomic mass is 10.2. The van der Waals surface area contributed by atoms with Crippen LogP contribution < -0.4 is 0 Å². The van der Waals surface area contributed by atoms with Crippen LogP contribution in [0.4, 0.5) is 8.78 Å². The van der Waals surface area contributed by atoms with Gasteiger partial charge in [-0.25, -0.2) is 22.2 Å². The largest absolute Gasteiger partial charge is 0.280 e. The summed E-state index contributed by atoms with van der Waals surface area (Å²) in [5.41, 5.74) is -0.296. The number of rotatable bonds is 2. The summed E-state index contributed by atoms with van der Waals surface area (Å²) in [5.74, 6) is 0. The summed E-state index contributed by atoms with van der Waals surface area (Å²) in [6.45, 7) is 1.45. The highest BCUT2D eigenvalue weighted by molar-refractivity contribution is 14.1. The first-order chi connectivity index (χ1) is 6.73. The molecule has 0 aliphatic rings. The third-order valence-electron chi connectivity index (χ3n) is 1.68. The van der Waals surface area contributed by atoms with E-state index in [0.717, 1.165) is 6.07 Å². The van der Waals surface area contributed by atoms with Crippen molar-refractivity contribution in [3.05, 3.63) is 20.9 Å². The van der Waals surface area contributed by atoms with E-state index in [0.29, 0.717) is 3.57 Å². The monoisotopic (exact) mass is 367 g/mol. The van der Waals surface area contributed by atoms with Crippen molar-refractivity contribution in [3.8, 4) is 0 Å². The minimum atomic E-state index is -4.08. The predicted molar refractivity (Wildman–Crippen MR) is 59.7 cm³/mol. The summed E-state index contributed by atoms with van der Waals surface area (Å²) in [6, 6.07) is 1.16. The summed E-state index contributed by atoms with van der Waals surface area (Å²) in [6.07, 6.45) is -2.82. The Balaban J connectivity index is 3.50. The fourth-order valence-corrected chi connectivity index (χ4v) is 2.40. The van der Waals surface area contributed by atoms with Crippen molar-refractivity contribution in [1.82, 2.24) is 4.98 Å². The van der Waals surface area contributed by atoms with Crippen molar-refractivity contribution >= 4 is 42.3 Å². The highest BCUT2D eigenvalue weighted by Crippen LogP contribution is 2.27. The van der Waals surface area contributed by atoms with Crippen LogP contribution in [0.5, 0.6) is 0 Å². The van der Waals surface area contributed by atoms with E-state index in [4.69, 9.17) is 10.7 Å². The van der Waals surface area contributed by atoms with E-state index in [-0.39, 0.29) is 5.56 Å². The van der Waals surface area contributed by atoms with Crippen molar-refractivity contribution < 1.29 is 17.2 Å². The Labute approximate surface area is 103 Å². The molecule has 0 unspecified atom stereocenters. The van der Waals surface area contributed by atoms with Gasteiger partial charge >= 0.3 is 0 Å². The first kappa shape index (κ1) is 13.0. The molecule has 0 radical (unpaired) electrons. The van der Waals surface area contributed by atoms with E-state index in [9.17, 15) is 17.2 Å². The second-order valence-electron chi connectivity index (χ2n) is 2.69. The van der Waals surface area contributed by atoms with Crippen molar-refractivity contribution in [2.75, 3.05) is 0 Å². The van der Waals surface area contributed by atoms with Gasteiger partial charge in [0.15, 0.2) is 5.03 Å². The molecular formula is C7H5ClF2INO2S. The molecule has 1 rings (SSSR count). The van der Waals surface area contributed by atoms with E-state index in [2.05, 4.69) is 4.98 Å². The fourth-order valence-electron chi connectivity index (χ4n) is 0.911. The number of aromatic nitrogens is 1. The van der Waals surface area contributed by atoms with E-state index in [1.165, 1.54) is 6.92 Å². The molecular weight excluding hydrogens is 363 g/mol. The summed E-state index contributed by atoms with van der Waals surface area (Å²) in [7, 11) is 0.946. The highest BCUT2D eigenvalue weighted by Gasteiger charge is 2.21. The first-order valence-electron chi connectivity index (χ1n) is 3.63. The lowest BCUT2D eigenvalue weighted by Crippen LogP contribution is -2.04. The van der Waals surface area contributed by atoms with Crippen molar-refractivity contribution in [3.63, 3.8) is 0 Å². The van der Waals surface area contributed by atoms with E-state index in [1.54, 1.807) is 22.6 Å². The Bertz CT molecular complexity index is 492. The normalized spacial score (nSPS) is 12.1. The van der Waals surface area contributed by atoms with Crippen LogP contribution in [0.3, 0.4) is 0 Å². The Kier molecular flexibility index (Phi) is 3.88. The number of nitrogens with zero attached hydrogens (tertiary/aromatic N) is 1. The molecule has 0 N–H and O–H groups in total. The molecule has 0 aromatic carbocycles. The van der Waals surface area contributed by atoms with Crippen LogP contribution in [0.15, 0.2) is 11.1 Å². The quantitative estimate of drug-likeness (QED) is 0.596.